The molecular weight excluding hydrogens is 300 g/mol. The number of amides is 1. The van der Waals surface area contributed by atoms with Gasteiger partial charge in [0, 0.05) is 5.56 Å². The highest BCUT2D eigenvalue weighted by molar-refractivity contribution is 6.02. The molecule has 24 heavy (non-hydrogen) atoms. The molecule has 4 nitrogen and oxygen atoms in total. The van der Waals surface area contributed by atoms with Crippen LogP contribution in [0.3, 0.4) is 0 Å². The molecule has 0 saturated heterocycles. The molecule has 124 valence electrons. The van der Waals surface area contributed by atoms with E-state index in [4.69, 9.17) is 0 Å². The highest BCUT2D eigenvalue weighted by atomic mass is 16.5. The fourth-order valence-corrected chi connectivity index (χ4v) is 2.99. The Morgan fingerprint density at radius 2 is 1.54 bits per heavy atom. The lowest BCUT2D eigenvalue weighted by Gasteiger charge is -2.34. The molecule has 1 atom stereocenters. The number of carbonyl (C=O) groups is 1. The fraction of sp³-hybridized carbons (Fsp3) is 0.250. The van der Waals surface area contributed by atoms with Crippen LogP contribution >= 0.6 is 0 Å². The van der Waals surface area contributed by atoms with Gasteiger partial charge in [0.05, 0.1) is 5.70 Å². The van der Waals surface area contributed by atoms with Crippen molar-refractivity contribution >= 4 is 17.3 Å². The summed E-state index contributed by atoms with van der Waals surface area (Å²) in [5.74, 6) is 0.0254. The van der Waals surface area contributed by atoms with Gasteiger partial charge in [0.15, 0.2) is 0 Å². The smallest absolute Gasteiger partial charge is 0.273 e. The standard InChI is InChI=1S/C20H22N2O2/c1-14(2)13-17-20(23)22(24)19(16-11-7-4-8-12-16)18(21-17)15-9-5-3-6-10-15/h3-12,14,17,21,24H,13H2,1-2H3. The Morgan fingerprint density at radius 3 is 2.08 bits per heavy atom. The van der Waals surface area contributed by atoms with Crippen molar-refractivity contribution in [2.24, 2.45) is 5.92 Å². The second-order valence-electron chi connectivity index (χ2n) is 6.43. The molecule has 1 aliphatic heterocycles. The summed E-state index contributed by atoms with van der Waals surface area (Å²) in [5, 5.41) is 14.8. The summed E-state index contributed by atoms with van der Waals surface area (Å²) in [6.07, 6.45) is 0.661. The Morgan fingerprint density at radius 1 is 1.00 bits per heavy atom. The first-order valence-corrected chi connectivity index (χ1v) is 8.22. The van der Waals surface area contributed by atoms with Gasteiger partial charge in [0.25, 0.3) is 5.91 Å². The van der Waals surface area contributed by atoms with Gasteiger partial charge in [-0.25, -0.2) is 0 Å². The number of rotatable bonds is 4. The zero-order valence-corrected chi connectivity index (χ0v) is 13.9. The van der Waals surface area contributed by atoms with E-state index in [1.165, 1.54) is 0 Å². The Balaban J connectivity index is 2.13. The van der Waals surface area contributed by atoms with Crippen LogP contribution in [0.2, 0.25) is 0 Å². The largest absolute Gasteiger partial charge is 0.371 e. The molecule has 0 bridgehead atoms. The highest BCUT2D eigenvalue weighted by Crippen LogP contribution is 2.32. The van der Waals surface area contributed by atoms with E-state index in [1.54, 1.807) is 0 Å². The number of carbonyl (C=O) groups excluding carboxylic acids is 1. The number of hydroxylamine groups is 2. The molecule has 1 unspecified atom stereocenters. The van der Waals surface area contributed by atoms with E-state index >= 15 is 0 Å². The maximum absolute atomic E-state index is 12.6. The Kier molecular flexibility index (Phi) is 4.67. The van der Waals surface area contributed by atoms with Crippen molar-refractivity contribution in [2.45, 2.75) is 26.3 Å². The third-order valence-electron chi connectivity index (χ3n) is 4.09. The van der Waals surface area contributed by atoms with E-state index < -0.39 is 6.04 Å². The summed E-state index contributed by atoms with van der Waals surface area (Å²) in [6, 6.07) is 18.8. The number of hydrogen-bond donors (Lipinski definition) is 2. The molecular formula is C20H22N2O2. The lowest BCUT2D eigenvalue weighted by Crippen LogP contribution is -2.49. The average Bonchev–Trinajstić information content (AvgIpc) is 2.60. The molecule has 0 spiro atoms. The summed E-state index contributed by atoms with van der Waals surface area (Å²) in [7, 11) is 0. The lowest BCUT2D eigenvalue weighted by atomic mass is 9.96. The van der Waals surface area contributed by atoms with Gasteiger partial charge < -0.3 is 5.32 Å². The highest BCUT2D eigenvalue weighted by Gasteiger charge is 2.35. The molecule has 2 N–H and O–H groups in total. The number of nitrogens with zero attached hydrogens (tertiary/aromatic N) is 1. The van der Waals surface area contributed by atoms with Crippen molar-refractivity contribution in [3.8, 4) is 0 Å². The molecule has 2 aromatic rings. The molecule has 0 radical (unpaired) electrons. The first kappa shape index (κ1) is 16.3. The molecule has 0 saturated carbocycles. The van der Waals surface area contributed by atoms with Crippen molar-refractivity contribution in [3.63, 3.8) is 0 Å². The predicted molar refractivity (Wildman–Crippen MR) is 94.7 cm³/mol. The monoisotopic (exact) mass is 322 g/mol. The van der Waals surface area contributed by atoms with Gasteiger partial charge >= 0.3 is 0 Å². The summed E-state index contributed by atoms with van der Waals surface area (Å²) >= 11 is 0. The minimum Gasteiger partial charge on any atom is -0.371 e. The van der Waals surface area contributed by atoms with Gasteiger partial charge in [-0.3, -0.25) is 10.0 Å². The molecule has 1 aliphatic rings. The summed E-state index contributed by atoms with van der Waals surface area (Å²) < 4.78 is 0. The molecule has 1 amide bonds. The summed E-state index contributed by atoms with van der Waals surface area (Å²) in [4.78, 5) is 12.6. The van der Waals surface area contributed by atoms with Gasteiger partial charge in [-0.2, -0.15) is 5.06 Å². The topological polar surface area (TPSA) is 52.6 Å². The first-order valence-electron chi connectivity index (χ1n) is 8.22. The van der Waals surface area contributed by atoms with E-state index in [2.05, 4.69) is 19.2 Å². The first-order chi connectivity index (χ1) is 11.6. The predicted octanol–water partition coefficient (Wildman–Crippen LogP) is 3.75. The Bertz CT molecular complexity index is 739. The second kappa shape index (κ2) is 6.89. The van der Waals surface area contributed by atoms with E-state index in [0.29, 0.717) is 18.0 Å². The van der Waals surface area contributed by atoms with Crippen molar-refractivity contribution in [1.82, 2.24) is 10.4 Å². The van der Waals surface area contributed by atoms with Gasteiger partial charge in [-0.15, -0.1) is 0 Å². The van der Waals surface area contributed by atoms with Crippen molar-refractivity contribution in [2.75, 3.05) is 0 Å². The third kappa shape index (κ3) is 3.19. The number of hydrogen-bond acceptors (Lipinski definition) is 3. The fourth-order valence-electron chi connectivity index (χ4n) is 2.99. The van der Waals surface area contributed by atoms with Crippen LogP contribution in [-0.4, -0.2) is 22.2 Å². The van der Waals surface area contributed by atoms with Crippen molar-refractivity contribution < 1.29 is 10.0 Å². The zero-order valence-electron chi connectivity index (χ0n) is 13.9. The van der Waals surface area contributed by atoms with Crippen LogP contribution in [-0.2, 0) is 4.79 Å². The van der Waals surface area contributed by atoms with E-state index in [0.717, 1.165) is 21.9 Å². The molecule has 0 aromatic heterocycles. The Hall–Kier alpha value is -2.59. The van der Waals surface area contributed by atoms with Crippen LogP contribution in [0, 0.1) is 5.92 Å². The lowest BCUT2D eigenvalue weighted by molar-refractivity contribution is -0.155. The maximum Gasteiger partial charge on any atom is 0.273 e. The number of benzene rings is 2. The zero-order chi connectivity index (χ0) is 17.1. The van der Waals surface area contributed by atoms with Gasteiger partial charge in [0.1, 0.15) is 11.7 Å². The molecule has 0 aliphatic carbocycles. The van der Waals surface area contributed by atoms with Crippen LogP contribution in [0.4, 0.5) is 0 Å². The molecule has 4 heteroatoms. The second-order valence-corrected chi connectivity index (χ2v) is 6.43. The maximum atomic E-state index is 12.6. The molecule has 1 heterocycles. The van der Waals surface area contributed by atoms with E-state index in [-0.39, 0.29) is 5.91 Å². The quantitative estimate of drug-likeness (QED) is 0.843. The van der Waals surface area contributed by atoms with Crippen LogP contribution in [0.15, 0.2) is 60.7 Å². The van der Waals surface area contributed by atoms with Crippen LogP contribution in [0.5, 0.6) is 0 Å². The van der Waals surface area contributed by atoms with Gasteiger partial charge in [-0.05, 0) is 17.9 Å². The van der Waals surface area contributed by atoms with Gasteiger partial charge in [-0.1, -0.05) is 74.5 Å². The molecule has 3 rings (SSSR count). The summed E-state index contributed by atoms with van der Waals surface area (Å²) in [5.41, 5.74) is 3.00. The van der Waals surface area contributed by atoms with Crippen LogP contribution in [0.25, 0.3) is 11.4 Å². The van der Waals surface area contributed by atoms with Crippen LogP contribution < -0.4 is 5.32 Å². The minimum atomic E-state index is -0.433. The molecule has 2 aromatic carbocycles. The van der Waals surface area contributed by atoms with E-state index in [9.17, 15) is 10.0 Å². The average molecular weight is 322 g/mol. The third-order valence-corrected chi connectivity index (χ3v) is 4.09. The van der Waals surface area contributed by atoms with Crippen molar-refractivity contribution in [3.05, 3.63) is 71.8 Å². The van der Waals surface area contributed by atoms with Crippen LogP contribution in [0.1, 0.15) is 31.4 Å². The minimum absolute atomic E-state index is 0.317. The van der Waals surface area contributed by atoms with Crippen molar-refractivity contribution in [1.29, 1.82) is 0 Å². The normalized spacial score (nSPS) is 18.1. The molecule has 0 fully saturated rings. The van der Waals surface area contributed by atoms with Gasteiger partial charge in [0.2, 0.25) is 0 Å². The Labute approximate surface area is 142 Å². The van der Waals surface area contributed by atoms with E-state index in [1.807, 2.05) is 60.7 Å². The summed E-state index contributed by atoms with van der Waals surface area (Å²) in [6.45, 7) is 4.13. The SMILES string of the molecule is CC(C)CC1NC(c2ccccc2)=C(c2ccccc2)N(O)C1=O. The number of nitrogens with one attached hydrogen (secondary N) is 1.